The fourth-order valence-electron chi connectivity index (χ4n) is 2.45. The lowest BCUT2D eigenvalue weighted by atomic mass is 10.00. The zero-order valence-electron chi connectivity index (χ0n) is 10.9. The largest absolute Gasteiger partial charge is 0.310 e. The normalized spacial score (nSPS) is 12.9. The quantitative estimate of drug-likeness (QED) is 0.707. The molecule has 0 saturated heterocycles. The van der Waals surface area contributed by atoms with Gasteiger partial charge in [0.2, 0.25) is 0 Å². The molecular formula is C16H17NS2. The number of likely N-dealkylation sites (N-methyl/N-ethyl adjacent to an activating group) is 1. The van der Waals surface area contributed by atoms with Crippen molar-refractivity contribution in [1.82, 2.24) is 5.32 Å². The Balaban J connectivity index is 1.95. The number of rotatable bonds is 5. The van der Waals surface area contributed by atoms with E-state index in [2.05, 4.69) is 58.7 Å². The third-order valence-corrected chi connectivity index (χ3v) is 5.07. The molecular weight excluding hydrogens is 270 g/mol. The van der Waals surface area contributed by atoms with Crippen LogP contribution in [0.2, 0.25) is 0 Å². The van der Waals surface area contributed by atoms with Crippen molar-refractivity contribution in [3.8, 4) is 0 Å². The molecule has 0 aliphatic carbocycles. The molecule has 0 amide bonds. The molecule has 2 aromatic heterocycles. The lowest BCUT2D eigenvalue weighted by Crippen LogP contribution is -2.22. The summed E-state index contributed by atoms with van der Waals surface area (Å²) in [5.41, 5.74) is 2.86. The summed E-state index contributed by atoms with van der Waals surface area (Å²) >= 11 is 3.62. The summed E-state index contributed by atoms with van der Waals surface area (Å²) in [5.74, 6) is 0. The van der Waals surface area contributed by atoms with Crippen molar-refractivity contribution in [2.75, 3.05) is 6.54 Å². The van der Waals surface area contributed by atoms with Gasteiger partial charge in [-0.05, 0) is 57.8 Å². The van der Waals surface area contributed by atoms with E-state index in [1.54, 1.807) is 11.3 Å². The Kier molecular flexibility index (Phi) is 3.97. The van der Waals surface area contributed by atoms with Gasteiger partial charge < -0.3 is 5.32 Å². The third kappa shape index (κ3) is 2.73. The molecule has 0 fully saturated rings. The van der Waals surface area contributed by atoms with Crippen LogP contribution in [-0.4, -0.2) is 6.54 Å². The van der Waals surface area contributed by atoms with Gasteiger partial charge in [0.25, 0.3) is 0 Å². The number of hydrogen-bond donors (Lipinski definition) is 1. The summed E-state index contributed by atoms with van der Waals surface area (Å²) in [7, 11) is 0. The highest BCUT2D eigenvalue weighted by Gasteiger charge is 2.15. The predicted octanol–water partition coefficient (Wildman–Crippen LogP) is 4.86. The van der Waals surface area contributed by atoms with E-state index in [0.29, 0.717) is 6.04 Å². The maximum atomic E-state index is 3.63. The van der Waals surface area contributed by atoms with Gasteiger partial charge >= 0.3 is 0 Å². The highest BCUT2D eigenvalue weighted by molar-refractivity contribution is 7.17. The first-order chi connectivity index (χ1) is 9.38. The van der Waals surface area contributed by atoms with E-state index in [9.17, 15) is 0 Å². The van der Waals surface area contributed by atoms with Crippen LogP contribution in [0.4, 0.5) is 0 Å². The Morgan fingerprint density at radius 1 is 1.16 bits per heavy atom. The second-order valence-corrected chi connectivity index (χ2v) is 6.32. The van der Waals surface area contributed by atoms with Gasteiger partial charge in [0.1, 0.15) is 0 Å². The van der Waals surface area contributed by atoms with Crippen LogP contribution < -0.4 is 5.32 Å². The van der Waals surface area contributed by atoms with Crippen molar-refractivity contribution in [2.45, 2.75) is 19.4 Å². The van der Waals surface area contributed by atoms with E-state index in [-0.39, 0.29) is 0 Å². The highest BCUT2D eigenvalue weighted by atomic mass is 32.1. The molecule has 2 heterocycles. The van der Waals surface area contributed by atoms with Crippen LogP contribution in [0.15, 0.2) is 46.5 Å². The smallest absolute Gasteiger partial charge is 0.0375 e. The first-order valence-electron chi connectivity index (χ1n) is 6.59. The van der Waals surface area contributed by atoms with Crippen LogP contribution in [-0.2, 0) is 6.42 Å². The molecule has 1 N–H and O–H groups in total. The van der Waals surface area contributed by atoms with Crippen LogP contribution in [0.1, 0.15) is 24.1 Å². The van der Waals surface area contributed by atoms with Crippen LogP contribution in [0.3, 0.4) is 0 Å². The summed E-state index contributed by atoms with van der Waals surface area (Å²) in [6.07, 6.45) is 1.07. The van der Waals surface area contributed by atoms with Crippen LogP contribution in [0.5, 0.6) is 0 Å². The van der Waals surface area contributed by atoms with Crippen molar-refractivity contribution < 1.29 is 0 Å². The minimum atomic E-state index is 0.413. The van der Waals surface area contributed by atoms with Gasteiger partial charge in [0.15, 0.2) is 0 Å². The molecule has 0 radical (unpaired) electrons. The summed E-state index contributed by atoms with van der Waals surface area (Å²) in [6, 6.07) is 11.3. The standard InChI is InChI=1S/C16H17NS2/c1-2-17-15(9-12-7-8-18-10-12)14-11-19-16-6-4-3-5-13(14)16/h3-8,10-11,15,17H,2,9H2,1H3. The van der Waals surface area contributed by atoms with Crippen molar-refractivity contribution >= 4 is 32.8 Å². The molecule has 0 spiro atoms. The van der Waals surface area contributed by atoms with Gasteiger partial charge in [0.05, 0.1) is 0 Å². The fraction of sp³-hybridized carbons (Fsp3) is 0.250. The zero-order chi connectivity index (χ0) is 13.1. The zero-order valence-corrected chi connectivity index (χ0v) is 12.6. The summed E-state index contributed by atoms with van der Waals surface area (Å²) in [4.78, 5) is 0. The third-order valence-electron chi connectivity index (χ3n) is 3.36. The highest BCUT2D eigenvalue weighted by Crippen LogP contribution is 2.32. The molecule has 19 heavy (non-hydrogen) atoms. The first kappa shape index (κ1) is 12.9. The number of thiophene rings is 2. The van der Waals surface area contributed by atoms with Gasteiger partial charge in [-0.15, -0.1) is 11.3 Å². The molecule has 3 aromatic rings. The van der Waals surface area contributed by atoms with E-state index in [0.717, 1.165) is 13.0 Å². The lowest BCUT2D eigenvalue weighted by Gasteiger charge is -2.17. The average Bonchev–Trinajstić information content (AvgIpc) is 3.07. The molecule has 0 saturated carbocycles. The molecule has 3 heteroatoms. The minimum absolute atomic E-state index is 0.413. The number of fused-ring (bicyclic) bond motifs is 1. The first-order valence-corrected chi connectivity index (χ1v) is 8.41. The summed E-state index contributed by atoms with van der Waals surface area (Å²) in [6.45, 7) is 3.17. The maximum absolute atomic E-state index is 3.63. The van der Waals surface area contributed by atoms with Crippen molar-refractivity contribution in [2.24, 2.45) is 0 Å². The summed E-state index contributed by atoms with van der Waals surface area (Å²) < 4.78 is 1.38. The molecule has 98 valence electrons. The van der Waals surface area contributed by atoms with Gasteiger partial charge in [-0.3, -0.25) is 0 Å². The van der Waals surface area contributed by atoms with E-state index >= 15 is 0 Å². The molecule has 0 aliphatic heterocycles. The van der Waals surface area contributed by atoms with E-state index in [4.69, 9.17) is 0 Å². The SMILES string of the molecule is CCNC(Cc1ccsc1)c1csc2ccccc12. The fourth-order valence-corrected chi connectivity index (χ4v) is 4.15. The Morgan fingerprint density at radius 2 is 2.05 bits per heavy atom. The van der Waals surface area contributed by atoms with Crippen molar-refractivity contribution in [3.05, 3.63) is 57.6 Å². The van der Waals surface area contributed by atoms with Gasteiger partial charge in [-0.2, -0.15) is 11.3 Å². The summed E-state index contributed by atoms with van der Waals surface area (Å²) in [5, 5.41) is 11.7. The molecule has 3 rings (SSSR count). The van der Waals surface area contributed by atoms with Crippen molar-refractivity contribution in [3.63, 3.8) is 0 Å². The Bertz CT molecular complexity index is 640. The average molecular weight is 287 g/mol. The number of hydrogen-bond acceptors (Lipinski definition) is 3. The molecule has 0 aliphatic rings. The van der Waals surface area contributed by atoms with E-state index in [1.807, 2.05) is 11.3 Å². The van der Waals surface area contributed by atoms with Crippen molar-refractivity contribution in [1.29, 1.82) is 0 Å². The predicted molar refractivity (Wildman–Crippen MR) is 86.3 cm³/mol. The molecule has 1 nitrogen and oxygen atoms in total. The van der Waals surface area contributed by atoms with Crippen LogP contribution in [0.25, 0.3) is 10.1 Å². The van der Waals surface area contributed by atoms with Crippen LogP contribution in [0, 0.1) is 0 Å². The molecule has 1 unspecified atom stereocenters. The van der Waals surface area contributed by atoms with Gasteiger partial charge in [-0.25, -0.2) is 0 Å². The topological polar surface area (TPSA) is 12.0 Å². The van der Waals surface area contributed by atoms with E-state index in [1.165, 1.54) is 21.2 Å². The second kappa shape index (κ2) is 5.87. The Hall–Kier alpha value is -1.16. The minimum Gasteiger partial charge on any atom is -0.310 e. The lowest BCUT2D eigenvalue weighted by molar-refractivity contribution is 0.555. The number of nitrogens with one attached hydrogen (secondary N) is 1. The second-order valence-electron chi connectivity index (χ2n) is 4.63. The molecule has 1 aromatic carbocycles. The van der Waals surface area contributed by atoms with Gasteiger partial charge in [-0.1, -0.05) is 25.1 Å². The Morgan fingerprint density at radius 3 is 2.84 bits per heavy atom. The van der Waals surface area contributed by atoms with Gasteiger partial charge in [0, 0.05) is 10.7 Å². The molecule has 1 atom stereocenters. The van der Waals surface area contributed by atoms with Crippen LogP contribution >= 0.6 is 22.7 Å². The molecule has 0 bridgehead atoms. The van der Waals surface area contributed by atoms with E-state index < -0.39 is 0 Å². The maximum Gasteiger partial charge on any atom is 0.0375 e. The number of benzene rings is 1. The monoisotopic (exact) mass is 287 g/mol. The Labute approximate surface area is 121 Å².